The van der Waals surface area contributed by atoms with Crippen molar-refractivity contribution in [1.29, 1.82) is 0 Å². The summed E-state index contributed by atoms with van der Waals surface area (Å²) in [4.78, 5) is 15.6. The average Bonchev–Trinajstić information content (AvgIpc) is 4.07. The molecule has 0 saturated heterocycles. The maximum atomic E-state index is 13.5. The Morgan fingerprint density at radius 3 is 0.931 bits per heavy atom. The summed E-state index contributed by atoms with van der Waals surface area (Å²) in [5.41, 5.74) is 7.56. The van der Waals surface area contributed by atoms with Gasteiger partial charge in [0.25, 0.3) is 0 Å². The second-order valence-corrected chi connectivity index (χ2v) is 16.9. The average molecular weight is 787 g/mol. The molecule has 2 aliphatic heterocycles. The lowest BCUT2D eigenvalue weighted by atomic mass is 9.76. The van der Waals surface area contributed by atoms with Crippen LogP contribution in [0.1, 0.15) is 95.5 Å². The van der Waals surface area contributed by atoms with Gasteiger partial charge in [-0.25, -0.2) is 0 Å². The van der Waals surface area contributed by atoms with E-state index in [0.29, 0.717) is 11.5 Å². The second kappa shape index (κ2) is 12.7. The number of benzene rings is 4. The van der Waals surface area contributed by atoms with Gasteiger partial charge in [-0.15, -0.1) is 0 Å². The molecule has 0 spiro atoms. The Morgan fingerprint density at radius 2 is 0.655 bits per heavy atom. The number of fused-ring (bicyclic) bond motifs is 14. The van der Waals surface area contributed by atoms with E-state index >= 15 is 0 Å². The molecular formula is C48H42N4O5S. The van der Waals surface area contributed by atoms with Crippen molar-refractivity contribution in [2.45, 2.75) is 49.4 Å². The van der Waals surface area contributed by atoms with Gasteiger partial charge in [-0.3, -0.25) is 0 Å². The smallest absolute Gasteiger partial charge is 0.417 e. The Kier molecular flexibility index (Phi) is 7.81. The number of phenols is 2. The van der Waals surface area contributed by atoms with Gasteiger partial charge in [-0.05, 0) is 147 Å². The number of rotatable bonds is 2. The van der Waals surface area contributed by atoms with Gasteiger partial charge in [-0.2, -0.15) is 4.21 Å². The lowest BCUT2D eigenvalue weighted by Gasteiger charge is -2.34. The van der Waals surface area contributed by atoms with Crippen molar-refractivity contribution in [2.75, 3.05) is 0 Å². The van der Waals surface area contributed by atoms with Crippen LogP contribution in [0.3, 0.4) is 0 Å². The van der Waals surface area contributed by atoms with Crippen LogP contribution in [-0.4, -0.2) is 34.4 Å². The van der Waals surface area contributed by atoms with Crippen molar-refractivity contribution >= 4 is 11.4 Å². The van der Waals surface area contributed by atoms with Crippen LogP contribution < -0.4 is 8.37 Å². The molecule has 10 rings (SSSR count). The van der Waals surface area contributed by atoms with Crippen LogP contribution in [-0.2, 0) is 33.0 Å². The van der Waals surface area contributed by atoms with Crippen molar-refractivity contribution in [3.8, 4) is 23.0 Å². The van der Waals surface area contributed by atoms with E-state index in [1.54, 1.807) is 24.3 Å². The van der Waals surface area contributed by atoms with Crippen LogP contribution in [0, 0.1) is 0 Å². The van der Waals surface area contributed by atoms with Gasteiger partial charge >= 0.3 is 11.4 Å². The monoisotopic (exact) mass is 786 g/mol. The summed E-state index contributed by atoms with van der Waals surface area (Å²) >= 11 is -2.14. The predicted molar refractivity (Wildman–Crippen MR) is 224 cm³/mol. The Labute approximate surface area is 338 Å². The Balaban J connectivity index is 1.33. The molecule has 6 heterocycles. The highest BCUT2D eigenvalue weighted by atomic mass is 32.2. The lowest BCUT2D eigenvalue weighted by molar-refractivity contribution is 0.459. The highest BCUT2D eigenvalue weighted by Crippen LogP contribution is 2.49. The topological polar surface area (TPSA) is 139 Å². The van der Waals surface area contributed by atoms with Gasteiger partial charge in [0.05, 0.1) is 21.7 Å². The molecule has 290 valence electrons. The summed E-state index contributed by atoms with van der Waals surface area (Å²) < 4.78 is 25.4. The number of hydrogen-bond donors (Lipinski definition) is 6. The summed E-state index contributed by atoms with van der Waals surface area (Å²) in [6, 6.07) is 47.0. The third-order valence-electron chi connectivity index (χ3n) is 13.1. The van der Waals surface area contributed by atoms with Crippen molar-refractivity contribution in [3.05, 3.63) is 213 Å². The zero-order chi connectivity index (χ0) is 40.0. The van der Waals surface area contributed by atoms with Crippen LogP contribution in [0.5, 0.6) is 23.0 Å². The van der Waals surface area contributed by atoms with E-state index < -0.39 is 33.0 Å². The largest absolute Gasteiger partial charge is 0.508 e. The first kappa shape index (κ1) is 35.7. The minimum absolute atomic E-state index is 0.164. The minimum Gasteiger partial charge on any atom is -0.508 e. The number of aromatic hydroxyl groups is 2. The van der Waals surface area contributed by atoms with E-state index in [1.165, 1.54) is 0 Å². The molecule has 14 bridgehead atoms. The standard InChI is InChI=1S/C48H42N4O5S/c1-45(29-9-5-13-33(53)25-29)37-17-18-38(49-37)46(2,30-10-6-14-34(54)26-30)40-20-22-42(51-40)48(4)32-12-8-16-36(28-32)57-58(55)56-35-15-7-11-31(27-35)47(3,41-21-19-39(45)50-41)43-23-24-44(48)52-43/h5-28,49-54H,1-4H3. The maximum absolute atomic E-state index is 13.5. The third-order valence-corrected chi connectivity index (χ3v) is 13.7. The van der Waals surface area contributed by atoms with Gasteiger partial charge in [0.15, 0.2) is 0 Å². The van der Waals surface area contributed by atoms with E-state index in [4.69, 9.17) is 8.37 Å². The number of H-pyrrole nitrogens is 4. The van der Waals surface area contributed by atoms with Crippen LogP contribution in [0.2, 0.25) is 0 Å². The van der Waals surface area contributed by atoms with E-state index in [-0.39, 0.29) is 11.5 Å². The van der Waals surface area contributed by atoms with Crippen LogP contribution in [0.25, 0.3) is 0 Å². The molecule has 9 nitrogen and oxygen atoms in total. The molecule has 0 amide bonds. The van der Waals surface area contributed by atoms with Gasteiger partial charge in [0, 0.05) is 45.6 Å². The van der Waals surface area contributed by atoms with Gasteiger partial charge in [0.1, 0.15) is 23.0 Å². The highest BCUT2D eigenvalue weighted by molar-refractivity contribution is 7.75. The highest BCUT2D eigenvalue weighted by Gasteiger charge is 2.44. The number of phenolic OH excluding ortho intramolecular Hbond substituents is 2. The number of hydrogen-bond acceptors (Lipinski definition) is 5. The molecule has 10 heteroatoms. The first-order valence-electron chi connectivity index (χ1n) is 19.3. The molecule has 0 fully saturated rings. The lowest BCUT2D eigenvalue weighted by Crippen LogP contribution is -2.32. The molecule has 58 heavy (non-hydrogen) atoms. The number of nitrogens with one attached hydrogen (secondary N) is 4. The van der Waals surface area contributed by atoms with Crippen LogP contribution in [0.15, 0.2) is 146 Å². The molecule has 4 unspecified atom stereocenters. The predicted octanol–water partition coefficient (Wildman–Crippen LogP) is 9.49. The first-order valence-corrected chi connectivity index (χ1v) is 20.3. The molecule has 4 atom stereocenters. The molecule has 4 aromatic carbocycles. The molecule has 8 aromatic rings. The van der Waals surface area contributed by atoms with E-state index in [9.17, 15) is 14.4 Å². The SMILES string of the molecule is CC1(c2cccc(O)c2)c2ccc([nH]2)C(C)(c2cccc(O)c2)c2ccc([nH]2)C2(C)c3cccc(c3)OS(=O)Oc3cccc(c3)C(C)(c3ccc1[nH]3)c1ccc2[nH]1. The minimum atomic E-state index is -2.14. The van der Waals surface area contributed by atoms with E-state index in [0.717, 1.165) is 67.8 Å². The summed E-state index contributed by atoms with van der Waals surface area (Å²) in [5.74, 6) is 1.13. The quantitative estimate of drug-likeness (QED) is 0.104. The Hall–Kier alpha value is -6.65. The summed E-state index contributed by atoms with van der Waals surface area (Å²) in [7, 11) is 0. The van der Waals surface area contributed by atoms with Crippen LogP contribution in [0.4, 0.5) is 0 Å². The summed E-state index contributed by atoms with van der Waals surface area (Å²) in [5, 5.41) is 21.7. The third kappa shape index (κ3) is 5.17. The molecule has 0 saturated carbocycles. The first-order chi connectivity index (χ1) is 27.9. The van der Waals surface area contributed by atoms with Crippen molar-refractivity contribution < 1.29 is 22.8 Å². The zero-order valence-electron chi connectivity index (χ0n) is 32.4. The molecule has 0 radical (unpaired) electrons. The fourth-order valence-corrected chi connectivity index (χ4v) is 9.82. The summed E-state index contributed by atoms with van der Waals surface area (Å²) in [6.07, 6.45) is 0. The fraction of sp³-hybridized carbons (Fsp3) is 0.167. The number of aromatic nitrogens is 4. The molecule has 6 N–H and O–H groups in total. The molecule has 0 aliphatic carbocycles. The second-order valence-electron chi connectivity index (χ2n) is 16.2. The molecule has 2 aliphatic rings. The van der Waals surface area contributed by atoms with Gasteiger partial charge < -0.3 is 38.5 Å². The van der Waals surface area contributed by atoms with Gasteiger partial charge in [-0.1, -0.05) is 48.5 Å². The van der Waals surface area contributed by atoms with E-state index in [2.05, 4.69) is 108 Å². The zero-order valence-corrected chi connectivity index (χ0v) is 33.2. The van der Waals surface area contributed by atoms with Crippen molar-refractivity contribution in [1.82, 2.24) is 19.9 Å². The van der Waals surface area contributed by atoms with Gasteiger partial charge in [0.2, 0.25) is 0 Å². The van der Waals surface area contributed by atoms with Crippen molar-refractivity contribution in [2.24, 2.45) is 0 Å². The normalized spacial score (nSPS) is 24.8. The van der Waals surface area contributed by atoms with Crippen LogP contribution >= 0.6 is 0 Å². The maximum Gasteiger partial charge on any atom is 0.417 e. The Morgan fingerprint density at radius 1 is 0.397 bits per heavy atom. The molecular weight excluding hydrogens is 745 g/mol. The van der Waals surface area contributed by atoms with E-state index in [1.807, 2.05) is 60.7 Å². The molecule has 4 aromatic heterocycles. The Bertz CT molecular complexity index is 2720. The number of aromatic amines is 4. The van der Waals surface area contributed by atoms with Crippen molar-refractivity contribution in [3.63, 3.8) is 0 Å². The fourth-order valence-electron chi connectivity index (χ4n) is 9.26. The summed E-state index contributed by atoms with van der Waals surface area (Å²) in [6.45, 7) is 8.65.